The van der Waals surface area contributed by atoms with Gasteiger partial charge in [0.05, 0.1) is 12.2 Å². The lowest BCUT2D eigenvalue weighted by molar-refractivity contribution is -0.139. The third-order valence-electron chi connectivity index (χ3n) is 6.61. The average molecular weight is 501 g/mol. The summed E-state index contributed by atoms with van der Waals surface area (Å²) in [5, 5.41) is 14.9. The van der Waals surface area contributed by atoms with E-state index in [0.29, 0.717) is 23.7 Å². The molecule has 6 nitrogen and oxygen atoms in total. The van der Waals surface area contributed by atoms with Gasteiger partial charge in [-0.05, 0) is 72.6 Å². The topological polar surface area (TPSA) is 71.0 Å². The van der Waals surface area contributed by atoms with Crippen molar-refractivity contribution in [3.63, 3.8) is 0 Å². The van der Waals surface area contributed by atoms with Crippen LogP contribution in [0.3, 0.4) is 0 Å². The van der Waals surface area contributed by atoms with E-state index in [-0.39, 0.29) is 18.0 Å². The van der Waals surface area contributed by atoms with Gasteiger partial charge in [0, 0.05) is 17.8 Å². The molecule has 0 fully saturated rings. The molecule has 0 spiro atoms. The van der Waals surface area contributed by atoms with Gasteiger partial charge in [0.2, 0.25) is 0 Å². The second-order valence-electron chi connectivity index (χ2n) is 9.17. The highest BCUT2D eigenvalue weighted by atomic mass is 19.1. The molecule has 1 aliphatic rings. The first-order valence-corrected chi connectivity index (χ1v) is 12.4. The fourth-order valence-electron chi connectivity index (χ4n) is 4.78. The molecular weight excluding hydrogens is 471 g/mol. The maximum absolute atomic E-state index is 14.1. The lowest BCUT2D eigenvalue weighted by Gasteiger charge is -2.36. The molecule has 37 heavy (non-hydrogen) atoms. The molecule has 190 valence electrons. The van der Waals surface area contributed by atoms with Gasteiger partial charge in [-0.25, -0.2) is 9.18 Å². The largest absolute Gasteiger partial charge is 0.486 e. The number of fused-ring (bicyclic) bond motifs is 2. The van der Waals surface area contributed by atoms with Crippen LogP contribution in [0, 0.1) is 5.82 Å². The average Bonchev–Trinajstić information content (AvgIpc) is 2.91. The molecule has 0 aromatic heterocycles. The van der Waals surface area contributed by atoms with Crippen LogP contribution in [-0.4, -0.2) is 36.9 Å². The van der Waals surface area contributed by atoms with E-state index in [1.54, 1.807) is 18.2 Å². The Morgan fingerprint density at radius 1 is 1.11 bits per heavy atom. The number of carboxylic acids is 1. The van der Waals surface area contributed by atoms with E-state index < -0.39 is 12.6 Å². The monoisotopic (exact) mass is 500 g/mol. The van der Waals surface area contributed by atoms with E-state index in [4.69, 9.17) is 14.6 Å². The van der Waals surface area contributed by atoms with Crippen molar-refractivity contribution in [1.82, 2.24) is 5.32 Å². The highest BCUT2D eigenvalue weighted by Gasteiger charge is 2.27. The third-order valence-corrected chi connectivity index (χ3v) is 6.61. The molecule has 2 N–H and O–H groups in total. The zero-order chi connectivity index (χ0) is 25.8. The van der Waals surface area contributed by atoms with Crippen molar-refractivity contribution < 1.29 is 23.8 Å². The molecule has 2 unspecified atom stereocenters. The fraction of sp³-hybridized carbons (Fsp3) is 0.233. The minimum atomic E-state index is -1.03. The number of benzene rings is 4. The molecule has 0 saturated heterocycles. The SMILES string of the molecule is CC(NCCC1CN(c2ccc(OCC(=O)O)cc2)c2cc(F)ccc2O1)c1cccc2ccccc12. The Morgan fingerprint density at radius 2 is 1.89 bits per heavy atom. The number of carboxylic acid groups (broad SMARTS) is 1. The zero-order valence-electron chi connectivity index (χ0n) is 20.6. The Labute approximate surface area is 215 Å². The van der Waals surface area contributed by atoms with Crippen LogP contribution in [0.25, 0.3) is 10.8 Å². The van der Waals surface area contributed by atoms with E-state index in [1.807, 2.05) is 17.0 Å². The summed E-state index contributed by atoms with van der Waals surface area (Å²) in [5.41, 5.74) is 2.77. The summed E-state index contributed by atoms with van der Waals surface area (Å²) in [6, 6.07) is 26.6. The molecule has 1 aliphatic heterocycles. The summed E-state index contributed by atoms with van der Waals surface area (Å²) in [4.78, 5) is 12.8. The van der Waals surface area contributed by atoms with Gasteiger partial charge in [0.1, 0.15) is 23.4 Å². The standard InChI is InChI=1S/C30H29FN2O4/c1-20(26-8-4-6-21-5-2-3-7-27(21)26)32-16-15-25-18-33(28-17-22(31)9-14-29(28)37-25)23-10-12-24(13-11-23)36-19-30(34)35/h2-14,17,20,25,32H,15-16,18-19H2,1H3,(H,34,35). The molecule has 5 rings (SSSR count). The predicted molar refractivity (Wildman–Crippen MR) is 142 cm³/mol. The summed E-state index contributed by atoms with van der Waals surface area (Å²) in [5.74, 6) is -0.279. The van der Waals surface area contributed by atoms with Crippen molar-refractivity contribution in [2.24, 2.45) is 0 Å². The normalized spacial score (nSPS) is 15.6. The molecule has 7 heteroatoms. The Balaban J connectivity index is 1.28. The zero-order valence-corrected chi connectivity index (χ0v) is 20.6. The first kappa shape index (κ1) is 24.6. The highest BCUT2D eigenvalue weighted by Crippen LogP contribution is 2.39. The minimum absolute atomic E-state index is 0.104. The van der Waals surface area contributed by atoms with Crippen LogP contribution >= 0.6 is 0 Å². The smallest absolute Gasteiger partial charge is 0.341 e. The van der Waals surface area contributed by atoms with Crippen LogP contribution in [0.4, 0.5) is 15.8 Å². The first-order valence-electron chi connectivity index (χ1n) is 12.4. The lowest BCUT2D eigenvalue weighted by Crippen LogP contribution is -2.39. The number of carbonyl (C=O) groups is 1. The quantitative estimate of drug-likeness (QED) is 0.290. The van der Waals surface area contributed by atoms with Crippen molar-refractivity contribution in [1.29, 1.82) is 0 Å². The molecule has 0 bridgehead atoms. The number of rotatable bonds is 9. The fourth-order valence-corrected chi connectivity index (χ4v) is 4.78. The second kappa shape index (κ2) is 10.9. The van der Waals surface area contributed by atoms with E-state index in [9.17, 15) is 9.18 Å². The Morgan fingerprint density at radius 3 is 2.70 bits per heavy atom. The number of aliphatic carboxylic acids is 1. The van der Waals surface area contributed by atoms with Gasteiger partial charge >= 0.3 is 5.97 Å². The Kier molecular flexibility index (Phi) is 7.23. The van der Waals surface area contributed by atoms with E-state index in [2.05, 4.69) is 54.7 Å². The van der Waals surface area contributed by atoms with Crippen LogP contribution in [0.1, 0.15) is 24.9 Å². The molecule has 0 radical (unpaired) electrons. The summed E-state index contributed by atoms with van der Waals surface area (Å²) in [7, 11) is 0. The summed E-state index contributed by atoms with van der Waals surface area (Å²) in [6.07, 6.45) is 0.663. The van der Waals surface area contributed by atoms with Crippen LogP contribution in [-0.2, 0) is 4.79 Å². The maximum atomic E-state index is 14.1. The van der Waals surface area contributed by atoms with Crippen molar-refractivity contribution in [2.45, 2.75) is 25.5 Å². The maximum Gasteiger partial charge on any atom is 0.341 e. The number of ether oxygens (including phenoxy) is 2. The van der Waals surface area contributed by atoms with Gasteiger partial charge in [-0.2, -0.15) is 0 Å². The third kappa shape index (κ3) is 5.67. The highest BCUT2D eigenvalue weighted by molar-refractivity contribution is 5.86. The van der Waals surface area contributed by atoms with E-state index in [1.165, 1.54) is 28.5 Å². The van der Waals surface area contributed by atoms with Gasteiger partial charge in [0.15, 0.2) is 6.61 Å². The number of hydrogen-bond acceptors (Lipinski definition) is 5. The van der Waals surface area contributed by atoms with Crippen molar-refractivity contribution >= 4 is 28.1 Å². The van der Waals surface area contributed by atoms with Crippen LogP contribution in [0.15, 0.2) is 84.9 Å². The first-order chi connectivity index (χ1) is 18.0. The van der Waals surface area contributed by atoms with Gasteiger partial charge in [-0.15, -0.1) is 0 Å². The Hall–Kier alpha value is -4.10. The number of nitrogens with one attached hydrogen (secondary N) is 1. The van der Waals surface area contributed by atoms with Gasteiger partial charge in [-0.1, -0.05) is 42.5 Å². The summed E-state index contributed by atoms with van der Waals surface area (Å²) >= 11 is 0. The molecule has 0 saturated carbocycles. The van der Waals surface area contributed by atoms with Crippen molar-refractivity contribution in [2.75, 3.05) is 24.6 Å². The Bertz CT molecular complexity index is 1390. The lowest BCUT2D eigenvalue weighted by atomic mass is 9.99. The molecule has 2 atom stereocenters. The molecule has 1 heterocycles. The van der Waals surface area contributed by atoms with E-state index >= 15 is 0 Å². The summed E-state index contributed by atoms with van der Waals surface area (Å²) in [6.45, 7) is 3.07. The molecule has 0 amide bonds. The van der Waals surface area contributed by atoms with Gasteiger partial charge in [0.25, 0.3) is 0 Å². The number of hydrogen-bond donors (Lipinski definition) is 2. The van der Waals surface area contributed by atoms with Crippen LogP contribution in [0.2, 0.25) is 0 Å². The summed E-state index contributed by atoms with van der Waals surface area (Å²) < 4.78 is 25.6. The molecule has 4 aromatic rings. The van der Waals surface area contributed by atoms with Crippen LogP contribution in [0.5, 0.6) is 11.5 Å². The number of halogens is 1. The van der Waals surface area contributed by atoms with Crippen LogP contribution < -0.4 is 19.7 Å². The predicted octanol–water partition coefficient (Wildman–Crippen LogP) is 6.08. The minimum Gasteiger partial charge on any atom is -0.486 e. The van der Waals surface area contributed by atoms with Gasteiger partial charge in [-0.3, -0.25) is 0 Å². The molecule has 0 aliphatic carbocycles. The van der Waals surface area contributed by atoms with Gasteiger partial charge < -0.3 is 24.8 Å². The second-order valence-corrected chi connectivity index (χ2v) is 9.17. The van der Waals surface area contributed by atoms with E-state index in [0.717, 1.165) is 18.7 Å². The molecular formula is C30H29FN2O4. The molecule has 4 aromatic carbocycles. The number of nitrogens with zero attached hydrogens (tertiary/aromatic N) is 1. The van der Waals surface area contributed by atoms with Crippen molar-refractivity contribution in [3.05, 3.63) is 96.3 Å². The van der Waals surface area contributed by atoms with Crippen molar-refractivity contribution in [3.8, 4) is 11.5 Å². The number of anilines is 2.